The smallest absolute Gasteiger partial charge is 0.188 e. The molecule has 0 radical (unpaired) electrons. The van der Waals surface area contributed by atoms with Gasteiger partial charge in [0.1, 0.15) is 5.69 Å². The number of hydrogen-bond donors (Lipinski definition) is 0. The lowest BCUT2D eigenvalue weighted by atomic mass is 10.2. The molecule has 3 nitrogen and oxygen atoms in total. The van der Waals surface area contributed by atoms with Gasteiger partial charge in [-0.2, -0.15) is 0 Å². The lowest BCUT2D eigenvalue weighted by molar-refractivity contribution is 0.111. The highest BCUT2D eigenvalue weighted by atomic mass is 32.2. The van der Waals surface area contributed by atoms with E-state index in [0.29, 0.717) is 10.9 Å². The van der Waals surface area contributed by atoms with Gasteiger partial charge in [0.15, 0.2) is 11.4 Å². The van der Waals surface area contributed by atoms with Gasteiger partial charge in [-0.25, -0.2) is 9.97 Å². The molecule has 0 aliphatic carbocycles. The number of aldehydes is 1. The minimum Gasteiger partial charge on any atom is -0.296 e. The molecule has 0 aliphatic rings. The van der Waals surface area contributed by atoms with Crippen molar-refractivity contribution < 1.29 is 4.79 Å². The van der Waals surface area contributed by atoms with Crippen molar-refractivity contribution >= 4 is 27.3 Å². The monoisotopic (exact) mass is 346 g/mol. The Hall–Kier alpha value is -1.51. The van der Waals surface area contributed by atoms with Gasteiger partial charge in [-0.1, -0.05) is 54.8 Å². The predicted molar refractivity (Wildman–Crippen MR) is 103 cm³/mol. The van der Waals surface area contributed by atoms with Crippen molar-refractivity contribution in [2.24, 2.45) is 0 Å². The predicted octanol–water partition coefficient (Wildman–Crippen LogP) is 4.65. The van der Waals surface area contributed by atoms with Gasteiger partial charge in [-0.3, -0.25) is 4.79 Å². The van der Waals surface area contributed by atoms with Crippen molar-refractivity contribution in [1.82, 2.24) is 9.97 Å². The molecule has 122 valence electrons. The maximum atomic E-state index is 10.7. The lowest BCUT2D eigenvalue weighted by Crippen LogP contribution is -1.93. The van der Waals surface area contributed by atoms with Gasteiger partial charge < -0.3 is 0 Å². The summed E-state index contributed by atoms with van der Waals surface area (Å²) in [4.78, 5) is 19.0. The summed E-state index contributed by atoms with van der Waals surface area (Å²) < 4.78 is 0. The number of aromatic nitrogens is 2. The molecule has 0 aromatic carbocycles. The van der Waals surface area contributed by atoms with E-state index in [-0.39, 0.29) is 0 Å². The summed E-state index contributed by atoms with van der Waals surface area (Å²) in [7, 11) is 2.75. The van der Waals surface area contributed by atoms with Crippen molar-refractivity contribution in [3.63, 3.8) is 0 Å². The SMILES string of the molecule is C=C\C=C(/C=C\C=C\CCCCP)CSc1nccc(C=O)n1. The van der Waals surface area contributed by atoms with E-state index in [2.05, 4.69) is 44.0 Å². The summed E-state index contributed by atoms with van der Waals surface area (Å²) in [5, 5.41) is 0.603. The average Bonchev–Trinajstić information content (AvgIpc) is 2.59. The summed E-state index contributed by atoms with van der Waals surface area (Å²) in [6, 6.07) is 1.60. The first-order chi connectivity index (χ1) is 11.3. The van der Waals surface area contributed by atoms with Crippen molar-refractivity contribution in [2.45, 2.75) is 24.4 Å². The van der Waals surface area contributed by atoms with E-state index in [1.165, 1.54) is 30.8 Å². The number of carbonyl (C=O) groups is 1. The van der Waals surface area contributed by atoms with Crippen LogP contribution in [0.3, 0.4) is 0 Å². The molecule has 1 heterocycles. The zero-order chi connectivity index (χ0) is 16.8. The highest BCUT2D eigenvalue weighted by molar-refractivity contribution is 7.99. The van der Waals surface area contributed by atoms with Crippen molar-refractivity contribution in [3.05, 3.63) is 66.6 Å². The van der Waals surface area contributed by atoms with E-state index >= 15 is 0 Å². The van der Waals surface area contributed by atoms with Crippen LogP contribution < -0.4 is 0 Å². The number of nitrogens with zero attached hydrogens (tertiary/aromatic N) is 2. The van der Waals surface area contributed by atoms with E-state index < -0.39 is 0 Å². The van der Waals surface area contributed by atoms with Gasteiger partial charge in [-0.15, -0.1) is 9.24 Å². The Morgan fingerprint density at radius 3 is 2.96 bits per heavy atom. The van der Waals surface area contributed by atoms with Crippen LogP contribution in [0.4, 0.5) is 0 Å². The van der Waals surface area contributed by atoms with Gasteiger partial charge in [0.2, 0.25) is 0 Å². The fourth-order valence-corrected chi connectivity index (χ4v) is 2.78. The van der Waals surface area contributed by atoms with Gasteiger partial charge in [0.25, 0.3) is 0 Å². The second-order valence-electron chi connectivity index (χ2n) is 4.72. The summed E-state index contributed by atoms with van der Waals surface area (Å²) in [6.45, 7) is 3.74. The summed E-state index contributed by atoms with van der Waals surface area (Å²) in [6.07, 6.45) is 19.2. The number of rotatable bonds is 11. The number of carbonyl (C=O) groups excluding carboxylic acids is 1. The second-order valence-corrected chi connectivity index (χ2v) is 6.24. The van der Waals surface area contributed by atoms with Crippen LogP contribution in [0.25, 0.3) is 0 Å². The Morgan fingerprint density at radius 1 is 1.35 bits per heavy atom. The zero-order valence-electron chi connectivity index (χ0n) is 13.2. The average molecular weight is 346 g/mol. The standard InChI is InChI=1S/C18H23N2OPS/c1-2-9-16(10-7-5-3-4-6-8-13-22)15-23-18-19-12-11-17(14-21)20-18/h2-3,5,7,9-12,14H,1,4,6,8,13,15,22H2/b5-3+,10-7-,16-9+. The third-order valence-corrected chi connectivity index (χ3v) is 4.20. The molecule has 1 unspecified atom stereocenters. The van der Waals surface area contributed by atoms with Crippen LogP contribution in [0.1, 0.15) is 29.8 Å². The Morgan fingerprint density at radius 2 is 2.22 bits per heavy atom. The highest BCUT2D eigenvalue weighted by Gasteiger charge is 2.00. The first kappa shape index (κ1) is 19.5. The molecule has 0 bridgehead atoms. The van der Waals surface area contributed by atoms with Crippen LogP contribution in [0.15, 0.2) is 66.0 Å². The maximum Gasteiger partial charge on any atom is 0.188 e. The number of thioether (sulfide) groups is 1. The first-order valence-electron chi connectivity index (χ1n) is 7.56. The number of hydrogen-bond acceptors (Lipinski definition) is 4. The largest absolute Gasteiger partial charge is 0.296 e. The fraction of sp³-hybridized carbons (Fsp3) is 0.278. The molecule has 1 rings (SSSR count). The molecular weight excluding hydrogens is 323 g/mol. The fourth-order valence-electron chi connectivity index (χ4n) is 1.70. The van der Waals surface area contributed by atoms with Gasteiger partial charge in [-0.05, 0) is 37.1 Å². The minimum atomic E-state index is 0.403. The number of allylic oxidation sites excluding steroid dienone is 6. The van der Waals surface area contributed by atoms with Crippen LogP contribution in [0, 0.1) is 0 Å². The van der Waals surface area contributed by atoms with Gasteiger partial charge in [0, 0.05) is 11.9 Å². The van der Waals surface area contributed by atoms with Crippen LogP contribution in [0.2, 0.25) is 0 Å². The van der Waals surface area contributed by atoms with Crippen molar-refractivity contribution in [2.75, 3.05) is 11.9 Å². The molecule has 1 atom stereocenters. The molecule has 5 heteroatoms. The normalized spacial score (nSPS) is 12.1. The molecule has 23 heavy (non-hydrogen) atoms. The summed E-state index contributed by atoms with van der Waals surface area (Å²) in [5.41, 5.74) is 1.53. The molecular formula is C18H23N2OPS. The highest BCUT2D eigenvalue weighted by Crippen LogP contribution is 2.17. The van der Waals surface area contributed by atoms with Gasteiger partial charge >= 0.3 is 0 Å². The third-order valence-electron chi connectivity index (χ3n) is 2.86. The second kappa shape index (κ2) is 13.0. The number of unbranched alkanes of at least 4 members (excludes halogenated alkanes) is 2. The van der Waals surface area contributed by atoms with E-state index in [4.69, 9.17) is 0 Å². The molecule has 0 fully saturated rings. The Labute approximate surface area is 145 Å². The van der Waals surface area contributed by atoms with Crippen molar-refractivity contribution in [1.29, 1.82) is 0 Å². The Bertz CT molecular complexity index is 582. The summed E-state index contributed by atoms with van der Waals surface area (Å²) >= 11 is 1.50. The van der Waals surface area contributed by atoms with Crippen LogP contribution >= 0.6 is 21.0 Å². The Kier molecular flexibility index (Phi) is 11.0. The van der Waals surface area contributed by atoms with Gasteiger partial charge in [0.05, 0.1) is 0 Å². The van der Waals surface area contributed by atoms with Crippen LogP contribution in [-0.2, 0) is 0 Å². The van der Waals surface area contributed by atoms with E-state index in [1.54, 1.807) is 18.3 Å². The molecule has 1 aromatic rings. The van der Waals surface area contributed by atoms with E-state index in [1.807, 2.05) is 12.2 Å². The molecule has 0 amide bonds. The molecule has 0 saturated heterocycles. The van der Waals surface area contributed by atoms with E-state index in [0.717, 1.165) is 24.0 Å². The Balaban J connectivity index is 2.50. The molecule has 0 spiro atoms. The third kappa shape index (κ3) is 9.27. The molecule has 0 saturated carbocycles. The molecule has 0 N–H and O–H groups in total. The minimum absolute atomic E-state index is 0.403. The quantitative estimate of drug-likeness (QED) is 0.146. The lowest BCUT2D eigenvalue weighted by Gasteiger charge is -2.01. The molecule has 1 aromatic heterocycles. The topological polar surface area (TPSA) is 42.9 Å². The molecule has 0 aliphatic heterocycles. The van der Waals surface area contributed by atoms with Crippen LogP contribution in [-0.4, -0.2) is 28.2 Å². The van der Waals surface area contributed by atoms with Crippen LogP contribution in [0.5, 0.6) is 0 Å². The zero-order valence-corrected chi connectivity index (χ0v) is 15.2. The summed E-state index contributed by atoms with van der Waals surface area (Å²) in [5.74, 6) is 0.728. The first-order valence-corrected chi connectivity index (χ1v) is 9.36. The maximum absolute atomic E-state index is 10.7. The van der Waals surface area contributed by atoms with E-state index in [9.17, 15) is 4.79 Å². The van der Waals surface area contributed by atoms with Crippen molar-refractivity contribution in [3.8, 4) is 0 Å².